The summed E-state index contributed by atoms with van der Waals surface area (Å²) in [6, 6.07) is 9.50. The molecule has 1 amide bonds. The summed E-state index contributed by atoms with van der Waals surface area (Å²) in [6.45, 7) is 5.23. The van der Waals surface area contributed by atoms with Gasteiger partial charge in [-0.05, 0) is 45.0 Å². The molecule has 0 aliphatic carbocycles. The Hall–Kier alpha value is -3.85. The third kappa shape index (κ3) is 4.54. The molecule has 10 heteroatoms. The highest BCUT2D eigenvalue weighted by molar-refractivity contribution is 6.32. The van der Waals surface area contributed by atoms with Crippen LogP contribution in [0.2, 0.25) is 5.02 Å². The Bertz CT molecular complexity index is 1340. The normalized spacial score (nSPS) is 12.2. The molecule has 2 heterocycles. The lowest BCUT2D eigenvalue weighted by molar-refractivity contribution is -0.138. The number of carboxylic acids is 1. The topological polar surface area (TPSA) is 130 Å². The third-order valence-electron chi connectivity index (χ3n) is 4.89. The van der Waals surface area contributed by atoms with Gasteiger partial charge in [0.2, 0.25) is 5.82 Å². The second kappa shape index (κ2) is 8.95. The first-order valence-corrected chi connectivity index (χ1v) is 10.6. The van der Waals surface area contributed by atoms with E-state index in [1.165, 1.54) is 13.1 Å². The Morgan fingerprint density at radius 1 is 1.21 bits per heavy atom. The predicted octanol–water partition coefficient (Wildman–Crippen LogP) is 4.53. The van der Waals surface area contributed by atoms with Gasteiger partial charge in [0.1, 0.15) is 11.8 Å². The highest BCUT2D eigenvalue weighted by atomic mass is 35.5. The molecule has 0 spiro atoms. The first kappa shape index (κ1) is 22.3. The smallest absolute Gasteiger partial charge is 0.325 e. The standard InChI is InChI=1S/C23H21ClN4O5/c1-11(2)32-18-8-7-13(9-17(18)24)22-27-20(28-33-22)15-6-4-5-14-16(10-25-19(14)15)21(29)26-12(3)23(30)31/h4-12,25H,1-3H3,(H,26,29)(H,30,31)/t12-/m0/s1. The van der Waals surface area contributed by atoms with Crippen LogP contribution in [0.1, 0.15) is 31.1 Å². The first-order chi connectivity index (χ1) is 15.7. The van der Waals surface area contributed by atoms with E-state index in [0.717, 1.165) is 0 Å². The molecule has 33 heavy (non-hydrogen) atoms. The Kier molecular flexibility index (Phi) is 6.06. The lowest BCUT2D eigenvalue weighted by Crippen LogP contribution is -2.38. The Labute approximate surface area is 193 Å². The van der Waals surface area contributed by atoms with Crippen molar-refractivity contribution in [3.63, 3.8) is 0 Å². The van der Waals surface area contributed by atoms with Gasteiger partial charge in [-0.15, -0.1) is 0 Å². The van der Waals surface area contributed by atoms with Gasteiger partial charge in [0.25, 0.3) is 11.8 Å². The quantitative estimate of drug-likeness (QED) is 0.363. The van der Waals surface area contributed by atoms with E-state index in [0.29, 0.717) is 44.2 Å². The van der Waals surface area contributed by atoms with Crippen LogP contribution in [-0.2, 0) is 4.79 Å². The number of halogens is 1. The summed E-state index contributed by atoms with van der Waals surface area (Å²) in [6.07, 6.45) is 1.51. The van der Waals surface area contributed by atoms with Gasteiger partial charge in [-0.3, -0.25) is 9.59 Å². The second-order valence-corrected chi connectivity index (χ2v) is 8.11. The van der Waals surface area contributed by atoms with Gasteiger partial charge in [0.15, 0.2) is 0 Å². The molecule has 2 aromatic heterocycles. The number of hydrogen-bond donors (Lipinski definition) is 3. The number of carboxylic acid groups (broad SMARTS) is 1. The molecule has 0 saturated heterocycles. The van der Waals surface area contributed by atoms with Crippen molar-refractivity contribution < 1.29 is 24.0 Å². The number of para-hydroxylation sites is 1. The fourth-order valence-electron chi connectivity index (χ4n) is 3.30. The number of H-pyrrole nitrogens is 1. The lowest BCUT2D eigenvalue weighted by atomic mass is 10.1. The molecular formula is C23H21ClN4O5. The molecular weight excluding hydrogens is 448 g/mol. The maximum Gasteiger partial charge on any atom is 0.325 e. The zero-order valence-electron chi connectivity index (χ0n) is 18.0. The van der Waals surface area contributed by atoms with Crippen LogP contribution in [0.3, 0.4) is 0 Å². The van der Waals surface area contributed by atoms with E-state index in [9.17, 15) is 9.59 Å². The Balaban J connectivity index is 1.65. The summed E-state index contributed by atoms with van der Waals surface area (Å²) in [7, 11) is 0. The minimum Gasteiger partial charge on any atom is -0.489 e. The number of fused-ring (bicyclic) bond motifs is 1. The largest absolute Gasteiger partial charge is 0.489 e. The predicted molar refractivity (Wildman–Crippen MR) is 122 cm³/mol. The van der Waals surface area contributed by atoms with E-state index < -0.39 is 17.9 Å². The number of aromatic nitrogens is 3. The molecule has 0 aliphatic rings. The molecule has 4 aromatic rings. The van der Waals surface area contributed by atoms with E-state index in [1.807, 2.05) is 13.8 Å². The van der Waals surface area contributed by atoms with E-state index in [2.05, 4.69) is 20.4 Å². The fraction of sp³-hybridized carbons (Fsp3) is 0.217. The van der Waals surface area contributed by atoms with Crippen molar-refractivity contribution in [2.24, 2.45) is 0 Å². The summed E-state index contributed by atoms with van der Waals surface area (Å²) in [4.78, 5) is 31.1. The average Bonchev–Trinajstić information content (AvgIpc) is 3.42. The number of carbonyl (C=O) groups excluding carboxylic acids is 1. The van der Waals surface area contributed by atoms with Crippen molar-refractivity contribution in [1.29, 1.82) is 0 Å². The van der Waals surface area contributed by atoms with Crippen LogP contribution >= 0.6 is 11.6 Å². The molecule has 1 atom stereocenters. The van der Waals surface area contributed by atoms with Gasteiger partial charge in [-0.1, -0.05) is 28.9 Å². The number of ether oxygens (including phenoxy) is 1. The van der Waals surface area contributed by atoms with Crippen molar-refractivity contribution in [2.45, 2.75) is 32.9 Å². The lowest BCUT2D eigenvalue weighted by Gasteiger charge is -2.11. The van der Waals surface area contributed by atoms with Crippen LogP contribution in [0.4, 0.5) is 0 Å². The van der Waals surface area contributed by atoms with Crippen LogP contribution in [-0.4, -0.2) is 44.3 Å². The van der Waals surface area contributed by atoms with Gasteiger partial charge in [0.05, 0.1) is 22.2 Å². The van der Waals surface area contributed by atoms with Crippen molar-refractivity contribution in [3.05, 3.63) is 53.2 Å². The summed E-state index contributed by atoms with van der Waals surface area (Å²) in [5, 5.41) is 16.6. The van der Waals surface area contributed by atoms with Crippen molar-refractivity contribution in [2.75, 3.05) is 0 Å². The highest BCUT2D eigenvalue weighted by Gasteiger charge is 2.21. The number of amides is 1. The van der Waals surface area contributed by atoms with E-state index >= 15 is 0 Å². The first-order valence-electron chi connectivity index (χ1n) is 10.2. The third-order valence-corrected chi connectivity index (χ3v) is 5.18. The number of rotatable bonds is 7. The van der Waals surface area contributed by atoms with Crippen molar-refractivity contribution >= 4 is 34.4 Å². The molecule has 4 rings (SSSR count). The molecule has 0 bridgehead atoms. The van der Waals surface area contributed by atoms with E-state index in [1.54, 1.807) is 36.4 Å². The zero-order chi connectivity index (χ0) is 23.7. The number of carbonyl (C=O) groups is 2. The van der Waals surface area contributed by atoms with Crippen molar-refractivity contribution in [1.82, 2.24) is 20.4 Å². The molecule has 0 unspecified atom stereocenters. The van der Waals surface area contributed by atoms with Crippen LogP contribution in [0.5, 0.6) is 5.75 Å². The van der Waals surface area contributed by atoms with Crippen LogP contribution in [0.15, 0.2) is 47.1 Å². The number of nitrogens with zero attached hydrogens (tertiary/aromatic N) is 2. The van der Waals surface area contributed by atoms with Gasteiger partial charge >= 0.3 is 5.97 Å². The van der Waals surface area contributed by atoms with Crippen molar-refractivity contribution in [3.8, 4) is 28.6 Å². The average molecular weight is 469 g/mol. The minimum absolute atomic E-state index is 0.0102. The van der Waals surface area contributed by atoms with Crippen LogP contribution in [0, 0.1) is 0 Å². The van der Waals surface area contributed by atoms with E-state index in [-0.39, 0.29) is 12.0 Å². The molecule has 0 radical (unpaired) electrons. The van der Waals surface area contributed by atoms with Gasteiger partial charge in [0, 0.05) is 22.7 Å². The maximum absolute atomic E-state index is 12.5. The summed E-state index contributed by atoms with van der Waals surface area (Å²) in [5.41, 5.74) is 2.20. The molecule has 2 aromatic carbocycles. The molecule has 9 nitrogen and oxygen atoms in total. The van der Waals surface area contributed by atoms with Gasteiger partial charge in [-0.25, -0.2) is 0 Å². The van der Waals surface area contributed by atoms with E-state index in [4.69, 9.17) is 26.0 Å². The monoisotopic (exact) mass is 468 g/mol. The molecule has 3 N–H and O–H groups in total. The number of benzene rings is 2. The minimum atomic E-state index is -1.12. The zero-order valence-corrected chi connectivity index (χ0v) is 18.8. The number of aromatic amines is 1. The molecule has 0 saturated carbocycles. The second-order valence-electron chi connectivity index (χ2n) is 7.70. The SMILES string of the molecule is CC(C)Oc1ccc(-c2nc(-c3cccc4c(C(=O)N[C@@H](C)C(=O)O)c[nH]c34)no2)cc1Cl. The summed E-state index contributed by atoms with van der Waals surface area (Å²) >= 11 is 6.32. The van der Waals surface area contributed by atoms with Crippen LogP contribution < -0.4 is 10.1 Å². The number of nitrogens with one attached hydrogen (secondary N) is 2. The number of hydrogen-bond acceptors (Lipinski definition) is 6. The van der Waals surface area contributed by atoms with Gasteiger partial charge < -0.3 is 24.7 Å². The Morgan fingerprint density at radius 2 is 2.00 bits per heavy atom. The maximum atomic E-state index is 12.5. The summed E-state index contributed by atoms with van der Waals surface area (Å²) < 4.78 is 11.1. The molecule has 170 valence electrons. The van der Waals surface area contributed by atoms with Gasteiger partial charge in [-0.2, -0.15) is 4.98 Å². The number of aliphatic carboxylic acids is 1. The van der Waals surface area contributed by atoms with Crippen LogP contribution in [0.25, 0.3) is 33.7 Å². The highest BCUT2D eigenvalue weighted by Crippen LogP contribution is 2.33. The Morgan fingerprint density at radius 3 is 2.70 bits per heavy atom. The molecule has 0 aliphatic heterocycles. The summed E-state index contributed by atoms with van der Waals surface area (Å²) in [5.74, 6) is -0.455. The molecule has 0 fully saturated rings. The fourth-order valence-corrected chi connectivity index (χ4v) is 3.52.